The number of hydrogen-bond acceptors (Lipinski definition) is 4. The van der Waals surface area contributed by atoms with Gasteiger partial charge in [0.25, 0.3) is 5.91 Å². The Morgan fingerprint density at radius 2 is 1.81 bits per heavy atom. The van der Waals surface area contributed by atoms with Gasteiger partial charge in [-0.05, 0) is 37.5 Å². The van der Waals surface area contributed by atoms with Crippen molar-refractivity contribution in [2.75, 3.05) is 17.2 Å². The molecule has 0 saturated carbocycles. The lowest BCUT2D eigenvalue weighted by Crippen LogP contribution is -2.15. The van der Waals surface area contributed by atoms with Crippen LogP contribution in [0.4, 0.5) is 11.5 Å². The van der Waals surface area contributed by atoms with Crippen molar-refractivity contribution in [2.45, 2.75) is 20.3 Å². The van der Waals surface area contributed by atoms with Crippen molar-refractivity contribution in [3.63, 3.8) is 0 Å². The summed E-state index contributed by atoms with van der Waals surface area (Å²) < 4.78 is 0. The Bertz CT molecular complexity index is 876. The molecule has 0 saturated heterocycles. The number of carbonyl (C=O) groups is 1. The minimum absolute atomic E-state index is 0.264. The molecule has 2 N–H and O–H groups in total. The van der Waals surface area contributed by atoms with Crippen molar-refractivity contribution in [1.82, 2.24) is 9.97 Å². The van der Waals surface area contributed by atoms with Crippen LogP contribution in [0, 0.1) is 13.8 Å². The van der Waals surface area contributed by atoms with Gasteiger partial charge in [-0.25, -0.2) is 9.97 Å². The fraction of sp³-hybridized carbons (Fsp3) is 0.190. The van der Waals surface area contributed by atoms with E-state index in [1.807, 2.05) is 50.2 Å². The third-order valence-electron chi connectivity index (χ3n) is 4.08. The Balaban J connectivity index is 1.55. The molecule has 2 aromatic carbocycles. The molecule has 0 radical (unpaired) electrons. The van der Waals surface area contributed by atoms with E-state index in [1.165, 1.54) is 11.8 Å². The topological polar surface area (TPSA) is 66.9 Å². The second kappa shape index (κ2) is 8.25. The molecular formula is C21H22N4O. The van der Waals surface area contributed by atoms with Gasteiger partial charge in [-0.15, -0.1) is 0 Å². The van der Waals surface area contributed by atoms with E-state index < -0.39 is 0 Å². The zero-order valence-electron chi connectivity index (χ0n) is 15.0. The van der Waals surface area contributed by atoms with Gasteiger partial charge in [-0.3, -0.25) is 4.79 Å². The van der Waals surface area contributed by atoms with Crippen LogP contribution in [0.15, 0.2) is 60.9 Å². The summed E-state index contributed by atoms with van der Waals surface area (Å²) in [6, 6.07) is 16.1. The van der Waals surface area contributed by atoms with Crippen molar-refractivity contribution in [2.24, 2.45) is 0 Å². The highest BCUT2D eigenvalue weighted by molar-refractivity contribution is 6.03. The van der Waals surface area contributed by atoms with Crippen LogP contribution < -0.4 is 10.6 Å². The molecule has 0 unspecified atom stereocenters. The van der Waals surface area contributed by atoms with Crippen LogP contribution >= 0.6 is 0 Å². The lowest BCUT2D eigenvalue weighted by Gasteiger charge is -2.09. The summed E-state index contributed by atoms with van der Waals surface area (Å²) in [4.78, 5) is 20.8. The number of aromatic nitrogens is 2. The van der Waals surface area contributed by atoms with Crippen LogP contribution in [0.25, 0.3) is 0 Å². The molecule has 1 aromatic heterocycles. The normalized spacial score (nSPS) is 10.4. The Morgan fingerprint density at radius 3 is 2.50 bits per heavy atom. The van der Waals surface area contributed by atoms with Crippen LogP contribution in [-0.2, 0) is 6.42 Å². The van der Waals surface area contributed by atoms with E-state index in [9.17, 15) is 4.79 Å². The maximum Gasteiger partial charge on any atom is 0.275 e. The van der Waals surface area contributed by atoms with Crippen LogP contribution in [0.3, 0.4) is 0 Å². The fourth-order valence-corrected chi connectivity index (χ4v) is 2.66. The fourth-order valence-electron chi connectivity index (χ4n) is 2.66. The van der Waals surface area contributed by atoms with E-state index in [0.29, 0.717) is 11.5 Å². The van der Waals surface area contributed by atoms with Crippen molar-refractivity contribution < 1.29 is 4.79 Å². The van der Waals surface area contributed by atoms with Gasteiger partial charge in [0.1, 0.15) is 11.5 Å². The first-order valence-corrected chi connectivity index (χ1v) is 8.60. The Hall–Kier alpha value is -3.21. The zero-order chi connectivity index (χ0) is 18.4. The third kappa shape index (κ3) is 4.66. The molecule has 3 aromatic rings. The predicted octanol–water partition coefficient (Wildman–Crippen LogP) is 4.00. The molecule has 0 bridgehead atoms. The monoisotopic (exact) mass is 346 g/mol. The van der Waals surface area contributed by atoms with Gasteiger partial charge in [0, 0.05) is 12.2 Å². The molecule has 1 amide bonds. The smallest absolute Gasteiger partial charge is 0.275 e. The Morgan fingerprint density at radius 1 is 1.00 bits per heavy atom. The number of rotatable bonds is 6. The van der Waals surface area contributed by atoms with Crippen molar-refractivity contribution in [1.29, 1.82) is 0 Å². The number of nitrogens with zero attached hydrogens (tertiary/aromatic N) is 2. The van der Waals surface area contributed by atoms with Gasteiger partial charge in [0.05, 0.1) is 12.4 Å². The summed E-state index contributed by atoms with van der Waals surface area (Å²) >= 11 is 0. The van der Waals surface area contributed by atoms with Crippen molar-refractivity contribution in [3.05, 3.63) is 83.3 Å². The first-order chi connectivity index (χ1) is 12.6. The van der Waals surface area contributed by atoms with Crippen LogP contribution in [0.5, 0.6) is 0 Å². The molecule has 0 aliphatic heterocycles. The Kier molecular flexibility index (Phi) is 5.59. The molecule has 5 nitrogen and oxygen atoms in total. The van der Waals surface area contributed by atoms with Crippen molar-refractivity contribution in [3.8, 4) is 0 Å². The molecule has 0 atom stereocenters. The second-order valence-electron chi connectivity index (χ2n) is 6.22. The summed E-state index contributed by atoms with van der Waals surface area (Å²) in [6.07, 6.45) is 3.98. The zero-order valence-corrected chi connectivity index (χ0v) is 15.0. The summed E-state index contributed by atoms with van der Waals surface area (Å²) in [5.41, 5.74) is 4.51. The van der Waals surface area contributed by atoms with Crippen LogP contribution in [-0.4, -0.2) is 22.4 Å². The lowest BCUT2D eigenvalue weighted by atomic mass is 10.1. The SMILES string of the molecule is Cc1ccc(NC(=O)c2cnc(NCCc3ccccc3)cn2)c(C)c1. The maximum atomic E-state index is 12.3. The largest absolute Gasteiger partial charge is 0.368 e. The molecule has 5 heteroatoms. The summed E-state index contributed by atoms with van der Waals surface area (Å²) in [6.45, 7) is 4.74. The molecule has 26 heavy (non-hydrogen) atoms. The number of nitrogens with one attached hydrogen (secondary N) is 2. The number of carbonyl (C=O) groups excluding carboxylic acids is 1. The second-order valence-corrected chi connectivity index (χ2v) is 6.22. The van der Waals surface area contributed by atoms with E-state index >= 15 is 0 Å². The lowest BCUT2D eigenvalue weighted by molar-refractivity contribution is 0.102. The molecule has 0 spiro atoms. The maximum absolute atomic E-state index is 12.3. The molecule has 1 heterocycles. The minimum atomic E-state index is -0.264. The third-order valence-corrected chi connectivity index (χ3v) is 4.08. The van der Waals surface area contributed by atoms with Gasteiger partial charge in [-0.1, -0.05) is 48.0 Å². The highest BCUT2D eigenvalue weighted by Gasteiger charge is 2.10. The van der Waals surface area contributed by atoms with Crippen LogP contribution in [0.1, 0.15) is 27.2 Å². The van der Waals surface area contributed by atoms with E-state index in [4.69, 9.17) is 0 Å². The van der Waals surface area contributed by atoms with Gasteiger partial charge in [0.15, 0.2) is 0 Å². The average molecular weight is 346 g/mol. The van der Waals surface area contributed by atoms with E-state index in [-0.39, 0.29) is 5.91 Å². The number of benzene rings is 2. The minimum Gasteiger partial charge on any atom is -0.368 e. The van der Waals surface area contributed by atoms with Gasteiger partial charge in [-0.2, -0.15) is 0 Å². The predicted molar refractivity (Wildman–Crippen MR) is 105 cm³/mol. The molecule has 3 rings (SSSR count). The summed E-state index contributed by atoms with van der Waals surface area (Å²) in [7, 11) is 0. The summed E-state index contributed by atoms with van der Waals surface area (Å²) in [5.74, 6) is 0.393. The van der Waals surface area contributed by atoms with E-state index in [2.05, 4.69) is 32.7 Å². The van der Waals surface area contributed by atoms with E-state index in [1.54, 1.807) is 6.20 Å². The number of hydrogen-bond donors (Lipinski definition) is 2. The number of amides is 1. The molecular weight excluding hydrogens is 324 g/mol. The first kappa shape index (κ1) is 17.6. The average Bonchev–Trinajstić information content (AvgIpc) is 2.65. The van der Waals surface area contributed by atoms with Crippen LogP contribution in [0.2, 0.25) is 0 Å². The summed E-state index contributed by atoms with van der Waals surface area (Å²) in [5, 5.41) is 6.09. The highest BCUT2D eigenvalue weighted by Crippen LogP contribution is 2.16. The van der Waals surface area contributed by atoms with Gasteiger partial charge < -0.3 is 10.6 Å². The highest BCUT2D eigenvalue weighted by atomic mass is 16.1. The Labute approximate surface area is 153 Å². The quantitative estimate of drug-likeness (QED) is 0.708. The van der Waals surface area contributed by atoms with Gasteiger partial charge >= 0.3 is 0 Å². The molecule has 0 aliphatic carbocycles. The number of aryl methyl sites for hydroxylation is 2. The van der Waals surface area contributed by atoms with Crippen molar-refractivity contribution >= 4 is 17.4 Å². The molecule has 0 aliphatic rings. The number of anilines is 2. The first-order valence-electron chi connectivity index (χ1n) is 8.60. The molecule has 132 valence electrons. The standard InChI is InChI=1S/C21H22N4O/c1-15-8-9-18(16(2)12-15)25-21(26)19-13-24-20(14-23-19)22-11-10-17-6-4-3-5-7-17/h3-9,12-14H,10-11H2,1-2H3,(H,22,24)(H,25,26). The molecule has 0 fully saturated rings. The van der Waals surface area contributed by atoms with E-state index in [0.717, 1.165) is 29.8 Å². The van der Waals surface area contributed by atoms with Gasteiger partial charge in [0.2, 0.25) is 0 Å².